The van der Waals surface area contributed by atoms with E-state index >= 15 is 0 Å². The number of nitrogens with one attached hydrogen (secondary N) is 11. The molecule has 130 heavy (non-hydrogen) atoms. The third-order valence-electron chi connectivity index (χ3n) is 17.5. The van der Waals surface area contributed by atoms with Gasteiger partial charge in [-0.05, 0) is 180 Å². The molecule has 0 unspecified atom stereocenters. The minimum absolute atomic E-state index is 0. The van der Waals surface area contributed by atoms with Gasteiger partial charge in [0.2, 0.25) is 5.91 Å². The van der Waals surface area contributed by atoms with Crippen molar-refractivity contribution in [1.82, 2.24) is 40.3 Å². The minimum atomic E-state index is -0.559. The number of aromatic nitrogens is 3. The summed E-state index contributed by atoms with van der Waals surface area (Å²) in [5.74, 6) is -0.940. The Morgan fingerprint density at radius 2 is 0.746 bits per heavy atom. The van der Waals surface area contributed by atoms with Gasteiger partial charge in [0.15, 0.2) is 6.61 Å². The highest BCUT2D eigenvalue weighted by atomic mass is 35.5. The van der Waals surface area contributed by atoms with Crippen LogP contribution in [0.4, 0.5) is 34.5 Å². The maximum absolute atomic E-state index is 13.3. The number of ether oxygens (including phenoxy) is 3. The molecular weight excluding hydrogens is 1740 g/mol. The Kier molecular flexibility index (Phi) is 53.1. The molecule has 0 aliphatic carbocycles. The van der Waals surface area contributed by atoms with Crippen LogP contribution in [-0.2, 0) is 19.1 Å². The van der Waals surface area contributed by atoms with Crippen molar-refractivity contribution in [2.45, 2.75) is 120 Å². The first-order valence-electron chi connectivity index (χ1n) is 39.5. The number of alkyl halides is 1. The lowest BCUT2D eigenvalue weighted by atomic mass is 9.81. The molecule has 31 nitrogen and oxygen atoms in total. The Hall–Kier alpha value is -12.9. The standard InChI is InChI=1S/C30H36ClN7O4.C23H22ClN5O3.C22H20ClN5O3.C14H26ClNO3.4CH4.B2/c1-38(2)28(33)20-7-9-21(10-8-20)29(40)36-25-13-12-23(42-19-27(39)34-16-6-4-3-5-15-32)17-24(25)30(41)37-26-14-11-22(31)18-35-26;1-29(2)21(25)14-4-6-15(7-5-14)22(30)27-19-10-9-17(32-3)12-18(19)23(31)28-20-11-8-16(24)13-26-20;1-28(2)20(24)13-3-5-14(6-4-13)21(30)26-18-9-8-16(29)11-17(18)22(31)27-19-10-7-15(23)12-25-19;1-14(2,3)19-13(18)9-7-5-4-6-8-10-16-12(17)11-15;;;;;1-2/h7-14,17-18,33H,3-6,15-16,19,32H2,1-2H3,(H,34,39)(H,36,40)(H,35,37,41);4-13,25H,1-3H3,(H,27,30)(H,26,28,31);3-12,24,29H,1-2H3,(H,26,30)(H,25,27,31);4-11H2,1-3H3,(H,16,17);4*1H4;. The number of nitrogens with zero attached hydrogens (tertiary/aromatic N) is 6. The molecule has 9 aromatic rings. The van der Waals surface area contributed by atoms with Crippen LogP contribution in [0.5, 0.6) is 17.2 Å². The number of methoxy groups -OCH3 is 1. The maximum atomic E-state index is 13.3. The Labute approximate surface area is 785 Å². The number of phenolic OH excluding ortho intramolecular Hbond substituents is 1. The third kappa shape index (κ3) is 41.0. The largest absolute Gasteiger partial charge is 0.508 e. The lowest BCUT2D eigenvalue weighted by Gasteiger charge is -2.19. The molecule has 694 valence electrons. The van der Waals surface area contributed by atoms with Gasteiger partial charge in [-0.15, -0.1) is 11.6 Å². The average molecular weight is 1860 g/mol. The van der Waals surface area contributed by atoms with Gasteiger partial charge in [0, 0.05) is 129 Å². The number of amidine groups is 3. The Morgan fingerprint density at radius 3 is 1.08 bits per heavy atom. The molecule has 0 spiro atoms. The summed E-state index contributed by atoms with van der Waals surface area (Å²) in [5, 5.41) is 56.9. The molecule has 3 aromatic heterocycles. The zero-order valence-corrected chi connectivity index (χ0v) is 74.7. The summed E-state index contributed by atoms with van der Waals surface area (Å²) in [7, 11) is 20.1. The number of hydrogen-bond donors (Lipinski definition) is 13. The van der Waals surface area contributed by atoms with E-state index in [2.05, 4.69) is 73.0 Å². The molecule has 0 aliphatic rings. The zero-order chi connectivity index (χ0) is 93.0. The average Bonchev–Trinajstić information content (AvgIpc) is 0.793. The van der Waals surface area contributed by atoms with Gasteiger partial charge in [0.1, 0.15) is 63.7 Å². The first kappa shape index (κ1) is 115. The van der Waals surface area contributed by atoms with E-state index in [9.17, 15) is 48.3 Å². The lowest BCUT2D eigenvalue weighted by Crippen LogP contribution is -2.29. The summed E-state index contributed by atoms with van der Waals surface area (Å²) >= 11 is 22.9. The van der Waals surface area contributed by atoms with Gasteiger partial charge in [0.05, 0.1) is 55.9 Å². The number of hydrogen-bond acceptors (Lipinski definition) is 20. The van der Waals surface area contributed by atoms with Crippen molar-refractivity contribution in [1.29, 1.82) is 16.2 Å². The van der Waals surface area contributed by atoms with Gasteiger partial charge in [-0.2, -0.15) is 0 Å². The van der Waals surface area contributed by atoms with E-state index in [1.54, 1.807) is 178 Å². The number of unbranched alkanes of at least 4 members (excludes halogenated alkanes) is 7. The highest BCUT2D eigenvalue weighted by molar-refractivity contribution is 6.75. The molecule has 4 radical (unpaired) electrons. The van der Waals surface area contributed by atoms with Crippen molar-refractivity contribution in [3.63, 3.8) is 0 Å². The smallest absolute Gasteiger partial charge is 0.306 e. The number of pyridine rings is 3. The number of aromatic hydroxyl groups is 1. The Bertz CT molecular complexity index is 5140. The van der Waals surface area contributed by atoms with Gasteiger partial charge in [-0.1, -0.05) is 133 Å². The number of phenols is 1. The summed E-state index contributed by atoms with van der Waals surface area (Å²) in [4.78, 5) is 129. The Balaban J connectivity index is 0.000000878. The van der Waals surface area contributed by atoms with Gasteiger partial charge < -0.3 is 82.3 Å². The molecule has 3 heterocycles. The highest BCUT2D eigenvalue weighted by Gasteiger charge is 2.23. The van der Waals surface area contributed by atoms with Crippen molar-refractivity contribution in [3.8, 4) is 17.2 Å². The summed E-state index contributed by atoms with van der Waals surface area (Å²) in [5.41, 5.74) is 9.34. The summed E-state index contributed by atoms with van der Waals surface area (Å²) in [6.07, 6.45) is 13.5. The van der Waals surface area contributed by atoms with Crippen molar-refractivity contribution in [2.24, 2.45) is 5.73 Å². The molecule has 0 saturated heterocycles. The normalized spacial score (nSPS) is 10.0. The van der Waals surface area contributed by atoms with Crippen LogP contribution >= 0.6 is 46.4 Å². The Morgan fingerprint density at radius 1 is 0.423 bits per heavy atom. The van der Waals surface area contributed by atoms with Crippen LogP contribution in [0.3, 0.4) is 0 Å². The van der Waals surface area contributed by atoms with Crippen LogP contribution in [0.15, 0.2) is 182 Å². The first-order valence-corrected chi connectivity index (χ1v) is 41.2. The molecule has 0 saturated carbocycles. The lowest BCUT2D eigenvalue weighted by molar-refractivity contribution is -0.155. The fourth-order valence-corrected chi connectivity index (χ4v) is 11.4. The first-order chi connectivity index (χ1) is 60.0. The molecule has 0 atom stereocenters. The van der Waals surface area contributed by atoms with Crippen LogP contribution in [-0.4, -0.2) is 208 Å². The van der Waals surface area contributed by atoms with E-state index in [-0.39, 0.29) is 111 Å². The van der Waals surface area contributed by atoms with Gasteiger partial charge in [-0.3, -0.25) is 59.4 Å². The molecule has 0 fully saturated rings. The predicted octanol–water partition coefficient (Wildman–Crippen LogP) is 16.9. The maximum Gasteiger partial charge on any atom is 0.306 e. The van der Waals surface area contributed by atoms with Crippen molar-refractivity contribution < 1.29 is 62.5 Å². The van der Waals surface area contributed by atoms with Crippen LogP contribution in [0.25, 0.3) is 0 Å². The second kappa shape index (κ2) is 60.0. The van der Waals surface area contributed by atoms with Crippen molar-refractivity contribution >= 4 is 167 Å². The second-order valence-corrected chi connectivity index (χ2v) is 30.6. The number of benzene rings is 6. The molecule has 9 rings (SSSR count). The number of amides is 8. The molecule has 0 bridgehead atoms. The van der Waals surface area contributed by atoms with E-state index in [1.165, 1.54) is 68.2 Å². The van der Waals surface area contributed by atoms with E-state index < -0.39 is 41.0 Å². The third-order valence-corrected chi connectivity index (χ3v) is 18.4. The van der Waals surface area contributed by atoms with E-state index in [1.807, 2.05) is 20.8 Å². The summed E-state index contributed by atoms with van der Waals surface area (Å²) in [6.45, 7) is 7.27. The zero-order valence-electron chi connectivity index (χ0n) is 71.7. The van der Waals surface area contributed by atoms with Gasteiger partial charge in [0.25, 0.3) is 41.4 Å². The molecule has 37 heteroatoms. The predicted molar refractivity (Wildman–Crippen MR) is 526 cm³/mol. The van der Waals surface area contributed by atoms with Crippen molar-refractivity contribution in [3.05, 3.63) is 248 Å². The van der Waals surface area contributed by atoms with Crippen LogP contribution in [0.2, 0.25) is 15.1 Å². The topological polar surface area (TPSA) is 444 Å². The number of carbonyl (C=O) groups is 9. The molecular formula is C93H120B2Cl4N18O13. The number of rotatable bonds is 34. The molecule has 6 aromatic carbocycles. The summed E-state index contributed by atoms with van der Waals surface area (Å²) < 4.78 is 16.1. The summed E-state index contributed by atoms with van der Waals surface area (Å²) in [6, 6.07) is 42.6. The highest BCUT2D eigenvalue weighted by Crippen LogP contribution is 2.29. The molecule has 0 aliphatic heterocycles. The van der Waals surface area contributed by atoms with Crippen LogP contribution in [0.1, 0.15) is 194 Å². The number of nitrogens with two attached hydrogens (primary N) is 1. The number of halogens is 4. The quantitative estimate of drug-likeness (QED) is 0.00339. The van der Waals surface area contributed by atoms with E-state index in [0.29, 0.717) is 109 Å². The fourth-order valence-electron chi connectivity index (χ4n) is 10.9. The van der Waals surface area contributed by atoms with Gasteiger partial charge >= 0.3 is 5.97 Å². The number of carbonyl (C=O) groups excluding carboxylic acids is 9. The van der Waals surface area contributed by atoms with Crippen LogP contribution in [0, 0.1) is 16.2 Å². The number of anilines is 6. The van der Waals surface area contributed by atoms with Crippen molar-refractivity contribution in [2.75, 3.05) is 113 Å². The van der Waals surface area contributed by atoms with E-state index in [0.717, 1.165) is 57.8 Å². The van der Waals surface area contributed by atoms with E-state index in [4.69, 9.17) is 82.6 Å². The molecule has 14 N–H and O–H groups in total. The van der Waals surface area contributed by atoms with Crippen LogP contribution < -0.4 is 57.7 Å². The molecule has 8 amide bonds. The number of esters is 1. The SMILES string of the molecule is C.C.C.C.CC(C)(C)OC(=O)CCCCCCCNC(=O)CCl.CN(C)C(=N)c1ccc(C(=O)Nc2ccc(O)cc2C(=O)Nc2ccc(Cl)cn2)cc1.CN(C)C(=N)c1ccc(C(=O)Nc2ccc(OCC(=O)NCCCCCCN)cc2C(=O)Nc2ccc(Cl)cn2)cc1.COc1ccc(NC(=O)c2ccc(C(=N)N(C)C)cc2)c(C(=O)Nc2ccc(Cl)cn2)c1.[B][B]. The fraction of sp³-hybridized carbons (Fsp3) is 0.323. The monoisotopic (exact) mass is 1860 g/mol. The minimum Gasteiger partial charge on any atom is -0.508 e. The second-order valence-electron chi connectivity index (χ2n) is 29.0. The van der Waals surface area contributed by atoms with Gasteiger partial charge in [-0.25, -0.2) is 15.0 Å².